The fraction of sp³-hybridized carbons (Fsp3) is 0.750. The molecule has 1 fully saturated rings. The number of carbonyl (C=O) groups excluding carboxylic acids is 3. The van der Waals surface area contributed by atoms with Crippen molar-refractivity contribution in [3.63, 3.8) is 0 Å². The van der Waals surface area contributed by atoms with E-state index in [4.69, 9.17) is 0 Å². The van der Waals surface area contributed by atoms with Gasteiger partial charge in [0.2, 0.25) is 11.8 Å². The number of ketones is 1. The zero-order valence-corrected chi connectivity index (χ0v) is 10.6. The summed E-state index contributed by atoms with van der Waals surface area (Å²) in [7, 11) is 0. The largest absolute Gasteiger partial charge is 0.332 e. The number of hydrogen-bond donors (Lipinski definition) is 0. The Balaban J connectivity index is 2.37. The molecule has 1 aliphatic rings. The van der Waals surface area contributed by atoms with Gasteiger partial charge in [-0.15, -0.1) is 0 Å². The van der Waals surface area contributed by atoms with Gasteiger partial charge >= 0.3 is 0 Å². The van der Waals surface area contributed by atoms with Crippen LogP contribution in [0.3, 0.4) is 0 Å². The van der Waals surface area contributed by atoms with Crippen molar-refractivity contribution in [2.45, 2.75) is 33.1 Å². The Kier molecular flexibility index (Phi) is 5.12. The van der Waals surface area contributed by atoms with Crippen LogP contribution in [0.4, 0.5) is 0 Å². The van der Waals surface area contributed by atoms with E-state index in [1.807, 2.05) is 13.8 Å². The average Bonchev–Trinajstić information content (AvgIpc) is 2.32. The van der Waals surface area contributed by atoms with Gasteiger partial charge in [-0.3, -0.25) is 14.4 Å². The van der Waals surface area contributed by atoms with Crippen LogP contribution >= 0.6 is 0 Å². The molecule has 5 heteroatoms. The Labute approximate surface area is 102 Å². The maximum Gasteiger partial charge on any atom is 0.242 e. The summed E-state index contributed by atoms with van der Waals surface area (Å²) in [5.74, 6) is 0.181. The van der Waals surface area contributed by atoms with Crippen molar-refractivity contribution in [3.05, 3.63) is 0 Å². The molecule has 0 aliphatic carbocycles. The normalized spacial score (nSPS) is 16.6. The molecule has 17 heavy (non-hydrogen) atoms. The van der Waals surface area contributed by atoms with Crippen LogP contribution in [-0.4, -0.2) is 53.6 Å². The van der Waals surface area contributed by atoms with Crippen molar-refractivity contribution in [1.29, 1.82) is 0 Å². The Hall–Kier alpha value is -1.39. The lowest BCUT2D eigenvalue weighted by Crippen LogP contribution is -2.53. The predicted molar refractivity (Wildman–Crippen MR) is 63.4 cm³/mol. The number of likely N-dealkylation sites (N-methyl/N-ethyl adjacent to an activating group) is 1. The number of Topliss-reactive ketones (excluding diaryl/α,β-unsaturated/α-hetero) is 1. The molecule has 0 N–H and O–H groups in total. The molecule has 2 amide bonds. The van der Waals surface area contributed by atoms with E-state index in [1.165, 1.54) is 0 Å². The average molecular weight is 240 g/mol. The van der Waals surface area contributed by atoms with Gasteiger partial charge in [-0.25, -0.2) is 0 Å². The highest BCUT2D eigenvalue weighted by Crippen LogP contribution is 2.06. The van der Waals surface area contributed by atoms with Crippen LogP contribution in [0.25, 0.3) is 0 Å². The number of rotatable bonds is 6. The Morgan fingerprint density at radius 2 is 1.71 bits per heavy atom. The van der Waals surface area contributed by atoms with E-state index in [1.54, 1.807) is 9.80 Å². The fourth-order valence-electron chi connectivity index (χ4n) is 1.84. The summed E-state index contributed by atoms with van der Waals surface area (Å²) in [6.07, 6.45) is 1.68. The fourth-order valence-corrected chi connectivity index (χ4v) is 1.84. The molecule has 0 aromatic rings. The van der Waals surface area contributed by atoms with E-state index >= 15 is 0 Å². The Morgan fingerprint density at radius 3 is 2.29 bits per heavy atom. The van der Waals surface area contributed by atoms with Gasteiger partial charge in [-0.2, -0.15) is 0 Å². The summed E-state index contributed by atoms with van der Waals surface area (Å²) in [5.41, 5.74) is 0. The minimum Gasteiger partial charge on any atom is -0.332 e. The molecule has 0 radical (unpaired) electrons. The molecular weight excluding hydrogens is 220 g/mol. The number of piperazine rings is 1. The van der Waals surface area contributed by atoms with Crippen molar-refractivity contribution in [2.24, 2.45) is 0 Å². The van der Waals surface area contributed by atoms with E-state index in [0.29, 0.717) is 32.4 Å². The number of hydrogen-bond acceptors (Lipinski definition) is 3. The minimum absolute atomic E-state index is 0.00563. The molecule has 0 aromatic carbocycles. The van der Waals surface area contributed by atoms with Crippen LogP contribution in [-0.2, 0) is 14.4 Å². The van der Waals surface area contributed by atoms with Gasteiger partial charge in [0, 0.05) is 25.9 Å². The highest BCUT2D eigenvalue weighted by molar-refractivity contribution is 5.92. The third kappa shape index (κ3) is 3.84. The lowest BCUT2D eigenvalue weighted by atomic mass is 10.1. The molecule has 1 saturated heterocycles. The third-order valence-electron chi connectivity index (χ3n) is 3.02. The first-order valence-corrected chi connectivity index (χ1v) is 6.15. The Morgan fingerprint density at radius 1 is 1.12 bits per heavy atom. The Bertz CT molecular complexity index is 315. The summed E-state index contributed by atoms with van der Waals surface area (Å²) in [6.45, 7) is 5.11. The molecule has 0 bridgehead atoms. The second-order valence-electron chi connectivity index (χ2n) is 4.22. The van der Waals surface area contributed by atoms with Gasteiger partial charge in [0.15, 0.2) is 0 Å². The summed E-state index contributed by atoms with van der Waals surface area (Å²) in [5, 5.41) is 0. The number of amides is 2. The van der Waals surface area contributed by atoms with Crippen molar-refractivity contribution in [1.82, 2.24) is 9.80 Å². The highest BCUT2D eigenvalue weighted by atomic mass is 16.2. The molecule has 0 unspecified atom stereocenters. The quantitative estimate of drug-likeness (QED) is 0.676. The monoisotopic (exact) mass is 240 g/mol. The zero-order valence-electron chi connectivity index (χ0n) is 10.6. The predicted octanol–water partition coefficient (Wildman–Crippen LogP) is 0.436. The third-order valence-corrected chi connectivity index (χ3v) is 3.02. The van der Waals surface area contributed by atoms with E-state index in [2.05, 4.69) is 0 Å². The van der Waals surface area contributed by atoms with E-state index < -0.39 is 0 Å². The van der Waals surface area contributed by atoms with Crippen LogP contribution in [0.15, 0.2) is 0 Å². The smallest absolute Gasteiger partial charge is 0.242 e. The van der Waals surface area contributed by atoms with Crippen LogP contribution in [0, 0.1) is 0 Å². The van der Waals surface area contributed by atoms with Gasteiger partial charge in [-0.1, -0.05) is 6.92 Å². The molecule has 1 rings (SSSR count). The summed E-state index contributed by atoms with van der Waals surface area (Å²) >= 11 is 0. The summed E-state index contributed by atoms with van der Waals surface area (Å²) in [4.78, 5) is 37.5. The standard InChI is InChI=1S/C12H20N2O3/c1-3-10(15)6-5-7-14-9-11(16)13(4-2)8-12(14)17/h3-9H2,1-2H3. The number of nitrogens with zero attached hydrogens (tertiary/aromatic N) is 2. The lowest BCUT2D eigenvalue weighted by Gasteiger charge is -2.33. The molecular formula is C12H20N2O3. The van der Waals surface area contributed by atoms with Crippen molar-refractivity contribution < 1.29 is 14.4 Å². The molecule has 96 valence electrons. The van der Waals surface area contributed by atoms with Gasteiger partial charge < -0.3 is 9.80 Å². The van der Waals surface area contributed by atoms with Crippen LogP contribution in [0.5, 0.6) is 0 Å². The second kappa shape index (κ2) is 6.37. The molecule has 1 aliphatic heterocycles. The SMILES string of the molecule is CCC(=O)CCCN1CC(=O)N(CC)CC1=O. The van der Waals surface area contributed by atoms with E-state index in [-0.39, 0.29) is 30.7 Å². The van der Waals surface area contributed by atoms with Crippen LogP contribution in [0.2, 0.25) is 0 Å². The van der Waals surface area contributed by atoms with Crippen LogP contribution in [0.1, 0.15) is 33.1 Å². The maximum absolute atomic E-state index is 11.7. The molecule has 0 spiro atoms. The van der Waals surface area contributed by atoms with Crippen LogP contribution < -0.4 is 0 Å². The second-order valence-corrected chi connectivity index (χ2v) is 4.22. The van der Waals surface area contributed by atoms with Crippen molar-refractivity contribution in [3.8, 4) is 0 Å². The first-order chi connectivity index (χ1) is 8.08. The topological polar surface area (TPSA) is 57.7 Å². The number of carbonyl (C=O) groups is 3. The van der Waals surface area contributed by atoms with Gasteiger partial charge in [0.25, 0.3) is 0 Å². The maximum atomic E-state index is 11.7. The van der Waals surface area contributed by atoms with Crippen molar-refractivity contribution >= 4 is 17.6 Å². The van der Waals surface area contributed by atoms with Gasteiger partial charge in [0.05, 0.1) is 13.1 Å². The molecule has 0 aromatic heterocycles. The van der Waals surface area contributed by atoms with Gasteiger partial charge in [0.1, 0.15) is 5.78 Å². The molecule has 0 saturated carbocycles. The molecule has 5 nitrogen and oxygen atoms in total. The first-order valence-electron chi connectivity index (χ1n) is 6.15. The zero-order chi connectivity index (χ0) is 12.8. The summed E-state index contributed by atoms with van der Waals surface area (Å²) < 4.78 is 0. The minimum atomic E-state index is -0.0182. The molecule has 1 heterocycles. The summed E-state index contributed by atoms with van der Waals surface area (Å²) in [6, 6.07) is 0. The highest BCUT2D eigenvalue weighted by Gasteiger charge is 2.28. The van der Waals surface area contributed by atoms with Gasteiger partial charge in [-0.05, 0) is 13.3 Å². The first kappa shape index (κ1) is 13.7. The molecule has 0 atom stereocenters. The van der Waals surface area contributed by atoms with E-state index in [0.717, 1.165) is 0 Å². The lowest BCUT2D eigenvalue weighted by molar-refractivity contribution is -0.149. The van der Waals surface area contributed by atoms with E-state index in [9.17, 15) is 14.4 Å². The van der Waals surface area contributed by atoms with Crippen molar-refractivity contribution in [2.75, 3.05) is 26.2 Å².